The Hall–Kier alpha value is -2.89. The van der Waals surface area contributed by atoms with E-state index in [9.17, 15) is 10.2 Å². The molecular formula is C15H13N3O3. The first-order valence-corrected chi connectivity index (χ1v) is 6.34. The predicted molar refractivity (Wildman–Crippen MR) is 75.8 cm³/mol. The Morgan fingerprint density at radius 3 is 2.62 bits per heavy atom. The molecular weight excluding hydrogens is 270 g/mol. The molecule has 6 nitrogen and oxygen atoms in total. The van der Waals surface area contributed by atoms with Crippen LogP contribution in [0.5, 0.6) is 11.5 Å². The lowest BCUT2D eigenvalue weighted by Gasteiger charge is -2.00. The Morgan fingerprint density at radius 2 is 1.90 bits per heavy atom. The summed E-state index contributed by atoms with van der Waals surface area (Å²) >= 11 is 0. The second kappa shape index (κ2) is 4.90. The van der Waals surface area contributed by atoms with Crippen molar-refractivity contribution in [3.8, 4) is 34.5 Å². The van der Waals surface area contributed by atoms with Gasteiger partial charge in [0.15, 0.2) is 0 Å². The van der Waals surface area contributed by atoms with E-state index in [1.54, 1.807) is 6.20 Å². The number of phenols is 2. The third kappa shape index (κ3) is 2.43. The van der Waals surface area contributed by atoms with E-state index in [1.165, 1.54) is 18.2 Å². The average molecular weight is 283 g/mol. The monoisotopic (exact) mass is 283 g/mol. The van der Waals surface area contributed by atoms with Crippen LogP contribution in [0.25, 0.3) is 23.0 Å². The molecule has 2 N–H and O–H groups in total. The third-order valence-corrected chi connectivity index (χ3v) is 3.06. The highest BCUT2D eigenvalue weighted by atomic mass is 16.5. The van der Waals surface area contributed by atoms with Crippen molar-refractivity contribution in [2.45, 2.75) is 13.8 Å². The van der Waals surface area contributed by atoms with Gasteiger partial charge >= 0.3 is 0 Å². The lowest BCUT2D eigenvalue weighted by Crippen LogP contribution is -1.91. The molecule has 0 saturated heterocycles. The molecule has 106 valence electrons. The van der Waals surface area contributed by atoms with E-state index in [0.717, 1.165) is 11.1 Å². The summed E-state index contributed by atoms with van der Waals surface area (Å²) in [5.41, 5.74) is 2.98. The maximum absolute atomic E-state index is 9.81. The van der Waals surface area contributed by atoms with Gasteiger partial charge in [-0.1, -0.05) is 11.2 Å². The molecule has 3 aromatic rings. The van der Waals surface area contributed by atoms with E-state index in [1.807, 2.05) is 19.9 Å². The number of aromatic nitrogens is 3. The zero-order valence-electron chi connectivity index (χ0n) is 11.5. The lowest BCUT2D eigenvalue weighted by molar-refractivity contribution is 0.423. The van der Waals surface area contributed by atoms with Crippen LogP contribution in [0.15, 0.2) is 35.0 Å². The minimum Gasteiger partial charge on any atom is -0.508 e. The van der Waals surface area contributed by atoms with Gasteiger partial charge in [0, 0.05) is 12.3 Å². The van der Waals surface area contributed by atoms with E-state index in [2.05, 4.69) is 15.1 Å². The first-order valence-electron chi connectivity index (χ1n) is 6.34. The first kappa shape index (κ1) is 13.1. The second-order valence-electron chi connectivity index (χ2n) is 4.80. The number of hydrogen-bond acceptors (Lipinski definition) is 6. The standard InChI is InChI=1S/C15H13N3O3/c1-8-5-9(2)13(16-7-8)14-17-15(21-18-14)11-4-3-10(19)6-12(11)20/h3-7,19-20H,1-2H3. The van der Waals surface area contributed by atoms with Crippen LogP contribution in [0.4, 0.5) is 0 Å². The van der Waals surface area contributed by atoms with Crippen LogP contribution in [-0.2, 0) is 0 Å². The van der Waals surface area contributed by atoms with Gasteiger partial charge in [-0.15, -0.1) is 0 Å². The van der Waals surface area contributed by atoms with E-state index in [4.69, 9.17) is 4.52 Å². The van der Waals surface area contributed by atoms with Gasteiger partial charge in [-0.2, -0.15) is 4.98 Å². The first-order chi connectivity index (χ1) is 10.0. The van der Waals surface area contributed by atoms with Crippen LogP contribution < -0.4 is 0 Å². The number of benzene rings is 1. The van der Waals surface area contributed by atoms with Crippen molar-refractivity contribution in [3.05, 3.63) is 41.6 Å². The van der Waals surface area contributed by atoms with Gasteiger partial charge in [0.1, 0.15) is 17.2 Å². The van der Waals surface area contributed by atoms with Crippen molar-refractivity contribution in [1.29, 1.82) is 0 Å². The van der Waals surface area contributed by atoms with E-state index >= 15 is 0 Å². The van der Waals surface area contributed by atoms with E-state index < -0.39 is 0 Å². The fourth-order valence-electron chi connectivity index (χ4n) is 2.08. The smallest absolute Gasteiger partial charge is 0.262 e. The third-order valence-electron chi connectivity index (χ3n) is 3.06. The molecule has 0 unspecified atom stereocenters. The molecule has 2 heterocycles. The summed E-state index contributed by atoms with van der Waals surface area (Å²) in [5, 5.41) is 23.0. The maximum Gasteiger partial charge on any atom is 0.262 e. The van der Waals surface area contributed by atoms with Gasteiger partial charge in [-0.05, 0) is 37.1 Å². The van der Waals surface area contributed by atoms with Crippen molar-refractivity contribution in [2.75, 3.05) is 0 Å². The maximum atomic E-state index is 9.81. The Labute approximate surface area is 120 Å². The molecule has 0 saturated carbocycles. The Balaban J connectivity index is 2.03. The summed E-state index contributed by atoms with van der Waals surface area (Å²) in [6.45, 7) is 3.88. The topological polar surface area (TPSA) is 92.3 Å². The molecule has 21 heavy (non-hydrogen) atoms. The van der Waals surface area contributed by atoms with Crippen LogP contribution in [-0.4, -0.2) is 25.3 Å². The van der Waals surface area contributed by atoms with Crippen LogP contribution in [0, 0.1) is 13.8 Å². The molecule has 0 atom stereocenters. The van der Waals surface area contributed by atoms with Gasteiger partial charge in [-0.3, -0.25) is 4.98 Å². The molecule has 0 bridgehead atoms. The normalized spacial score (nSPS) is 10.8. The molecule has 0 amide bonds. The molecule has 2 aromatic heterocycles. The largest absolute Gasteiger partial charge is 0.508 e. The summed E-state index contributed by atoms with van der Waals surface area (Å²) in [4.78, 5) is 8.55. The van der Waals surface area contributed by atoms with Crippen molar-refractivity contribution >= 4 is 0 Å². The van der Waals surface area contributed by atoms with E-state index in [-0.39, 0.29) is 17.4 Å². The zero-order chi connectivity index (χ0) is 15.0. The molecule has 0 spiro atoms. The molecule has 3 rings (SSSR count). The van der Waals surface area contributed by atoms with Crippen molar-refractivity contribution < 1.29 is 14.7 Å². The number of phenolic OH excluding ortho intramolecular Hbond substituents is 2. The molecule has 6 heteroatoms. The summed E-state index contributed by atoms with van der Waals surface area (Å²) in [5.74, 6) is 0.366. The van der Waals surface area contributed by atoms with Crippen LogP contribution in [0.3, 0.4) is 0 Å². The quantitative estimate of drug-likeness (QED) is 0.751. The van der Waals surface area contributed by atoms with Gasteiger partial charge < -0.3 is 14.7 Å². The number of nitrogens with zero attached hydrogens (tertiary/aromatic N) is 3. The lowest BCUT2D eigenvalue weighted by atomic mass is 10.1. The molecule has 0 aliphatic carbocycles. The number of rotatable bonds is 2. The Bertz CT molecular complexity index is 746. The SMILES string of the molecule is Cc1cnc(-c2noc(-c3ccc(O)cc3O)n2)c(C)c1. The van der Waals surface area contributed by atoms with Crippen molar-refractivity contribution in [2.24, 2.45) is 0 Å². The van der Waals surface area contributed by atoms with Crippen molar-refractivity contribution in [1.82, 2.24) is 15.1 Å². The summed E-state index contributed by atoms with van der Waals surface area (Å²) in [6, 6.07) is 6.15. The number of aromatic hydroxyl groups is 2. The minimum atomic E-state index is -0.126. The van der Waals surface area contributed by atoms with Gasteiger partial charge in [-0.25, -0.2) is 0 Å². The molecule has 0 radical (unpaired) electrons. The Morgan fingerprint density at radius 1 is 1.10 bits per heavy atom. The number of pyridine rings is 1. The highest BCUT2D eigenvalue weighted by Gasteiger charge is 2.16. The zero-order valence-corrected chi connectivity index (χ0v) is 11.5. The fraction of sp³-hybridized carbons (Fsp3) is 0.133. The molecule has 0 fully saturated rings. The van der Waals surface area contributed by atoms with Crippen LogP contribution >= 0.6 is 0 Å². The number of aryl methyl sites for hydroxylation is 2. The van der Waals surface area contributed by atoms with Gasteiger partial charge in [0.05, 0.1) is 5.56 Å². The minimum absolute atomic E-state index is 0.0352. The van der Waals surface area contributed by atoms with E-state index in [0.29, 0.717) is 17.1 Å². The van der Waals surface area contributed by atoms with Gasteiger partial charge in [0.2, 0.25) is 5.82 Å². The summed E-state index contributed by atoms with van der Waals surface area (Å²) in [6.07, 6.45) is 1.73. The van der Waals surface area contributed by atoms with Crippen molar-refractivity contribution in [3.63, 3.8) is 0 Å². The highest BCUT2D eigenvalue weighted by Crippen LogP contribution is 2.32. The second-order valence-corrected chi connectivity index (χ2v) is 4.80. The number of hydrogen-bond donors (Lipinski definition) is 2. The van der Waals surface area contributed by atoms with Crippen LogP contribution in [0.1, 0.15) is 11.1 Å². The molecule has 0 aliphatic rings. The Kier molecular flexibility index (Phi) is 3.06. The summed E-state index contributed by atoms with van der Waals surface area (Å²) < 4.78 is 5.17. The molecule has 0 aliphatic heterocycles. The van der Waals surface area contributed by atoms with Gasteiger partial charge in [0.25, 0.3) is 5.89 Å². The summed E-state index contributed by atoms with van der Waals surface area (Å²) in [7, 11) is 0. The molecule has 1 aromatic carbocycles. The fourth-order valence-corrected chi connectivity index (χ4v) is 2.08. The highest BCUT2D eigenvalue weighted by molar-refractivity contribution is 5.65. The predicted octanol–water partition coefficient (Wildman–Crippen LogP) is 2.83. The average Bonchev–Trinajstić information content (AvgIpc) is 2.87. The van der Waals surface area contributed by atoms with Crippen LogP contribution in [0.2, 0.25) is 0 Å².